The highest BCUT2D eigenvalue weighted by molar-refractivity contribution is 9.11. The summed E-state index contributed by atoms with van der Waals surface area (Å²) in [5.41, 5.74) is 2.09. The fraction of sp³-hybridized carbons (Fsp3) is 0.176. The molecule has 0 saturated heterocycles. The van der Waals surface area contributed by atoms with Gasteiger partial charge in [0.2, 0.25) is 3.79 Å². The number of halogens is 6. The number of anilines is 1. The van der Waals surface area contributed by atoms with Gasteiger partial charge >= 0.3 is 0 Å². The van der Waals surface area contributed by atoms with Crippen LogP contribution in [0, 0.1) is 6.92 Å². The van der Waals surface area contributed by atoms with Crippen molar-refractivity contribution >= 4 is 112 Å². The van der Waals surface area contributed by atoms with E-state index in [2.05, 4.69) is 63.7 Å². The Kier molecular flexibility index (Phi) is 8.88. The van der Waals surface area contributed by atoms with Gasteiger partial charge in [0.05, 0.1) is 11.3 Å². The molecule has 0 radical (unpaired) electrons. The number of benzene rings is 2. The molecule has 0 heterocycles. The predicted octanol–water partition coefficient (Wildman–Crippen LogP) is 6.70. The maximum absolute atomic E-state index is 12.6. The van der Waals surface area contributed by atoms with E-state index in [0.29, 0.717) is 10.0 Å². The van der Waals surface area contributed by atoms with Gasteiger partial charge in [0.15, 0.2) is 5.11 Å². The first-order valence-corrected chi connectivity index (χ1v) is 11.6. The molecule has 0 fully saturated rings. The molecule has 0 saturated carbocycles. The average molecular weight is 653 g/mol. The summed E-state index contributed by atoms with van der Waals surface area (Å²) < 4.78 is 0.479. The quantitative estimate of drug-likeness (QED) is 0.196. The lowest BCUT2D eigenvalue weighted by molar-refractivity contribution is 0.0934. The first-order chi connectivity index (χ1) is 13.0. The van der Waals surface area contributed by atoms with Crippen LogP contribution < -0.4 is 16.0 Å². The van der Waals surface area contributed by atoms with Crippen molar-refractivity contribution in [2.45, 2.75) is 16.9 Å². The second-order valence-electron chi connectivity index (χ2n) is 5.61. The average Bonchev–Trinajstić information content (AvgIpc) is 2.57. The highest BCUT2D eigenvalue weighted by Gasteiger charge is 2.35. The molecule has 1 atom stereocenters. The zero-order valence-electron chi connectivity index (χ0n) is 14.1. The summed E-state index contributed by atoms with van der Waals surface area (Å²) in [6.45, 7) is 1.92. The van der Waals surface area contributed by atoms with Crippen molar-refractivity contribution < 1.29 is 4.79 Å². The Balaban J connectivity index is 2.16. The van der Waals surface area contributed by atoms with Crippen LogP contribution in [0.5, 0.6) is 0 Å². The number of hydrogen-bond acceptors (Lipinski definition) is 2. The number of thiocarbonyl (C=S) groups is 1. The Labute approximate surface area is 208 Å². The van der Waals surface area contributed by atoms with Crippen molar-refractivity contribution in [3.8, 4) is 0 Å². The Morgan fingerprint density at radius 2 is 1.71 bits per heavy atom. The predicted molar refractivity (Wildman–Crippen MR) is 132 cm³/mol. The molecular weight excluding hydrogens is 640 g/mol. The van der Waals surface area contributed by atoms with Crippen molar-refractivity contribution in [2.24, 2.45) is 0 Å². The lowest BCUT2D eigenvalue weighted by Gasteiger charge is -2.28. The van der Waals surface area contributed by atoms with Crippen molar-refractivity contribution in [3.05, 3.63) is 60.9 Å². The number of carbonyl (C=O) groups is 1. The molecule has 150 valence electrons. The zero-order valence-corrected chi connectivity index (χ0v) is 22.0. The topological polar surface area (TPSA) is 53.2 Å². The molecule has 0 unspecified atom stereocenters. The van der Waals surface area contributed by atoms with Gasteiger partial charge in [-0.25, -0.2) is 0 Å². The molecule has 0 aliphatic carbocycles. The van der Waals surface area contributed by atoms with Gasteiger partial charge in [-0.3, -0.25) is 4.79 Å². The molecule has 0 aliphatic rings. The summed E-state index contributed by atoms with van der Waals surface area (Å²) in [4.78, 5) is 12.6. The Bertz CT molecular complexity index is 886. The zero-order chi connectivity index (χ0) is 21.1. The molecule has 2 aromatic carbocycles. The van der Waals surface area contributed by atoms with Gasteiger partial charge in [-0.2, -0.15) is 0 Å². The van der Waals surface area contributed by atoms with E-state index in [1.54, 1.807) is 24.3 Å². The highest BCUT2D eigenvalue weighted by Crippen LogP contribution is 2.32. The van der Waals surface area contributed by atoms with Gasteiger partial charge < -0.3 is 16.0 Å². The molecule has 11 heteroatoms. The second-order valence-corrected chi connectivity index (χ2v) is 11.0. The Morgan fingerprint density at radius 3 is 2.29 bits per heavy atom. The van der Waals surface area contributed by atoms with Crippen LogP contribution in [0.25, 0.3) is 0 Å². The number of hydrogen-bond donors (Lipinski definition) is 3. The van der Waals surface area contributed by atoms with Crippen LogP contribution >= 0.6 is 94.8 Å². The van der Waals surface area contributed by atoms with Crippen molar-refractivity contribution in [2.75, 3.05) is 5.32 Å². The van der Waals surface area contributed by atoms with E-state index in [-0.39, 0.29) is 5.11 Å². The largest absolute Gasteiger partial charge is 0.339 e. The summed E-state index contributed by atoms with van der Waals surface area (Å²) in [6.07, 6.45) is -1.08. The normalized spacial score (nSPS) is 12.2. The molecule has 4 nitrogen and oxygen atoms in total. The van der Waals surface area contributed by atoms with Gasteiger partial charge in [0, 0.05) is 13.4 Å². The lowest BCUT2D eigenvalue weighted by Crippen LogP contribution is -2.56. The van der Waals surface area contributed by atoms with E-state index < -0.39 is 15.9 Å². The van der Waals surface area contributed by atoms with Gasteiger partial charge in [0.25, 0.3) is 5.91 Å². The number of alkyl halides is 3. The molecule has 3 N–H and O–H groups in total. The number of carbonyl (C=O) groups excluding carboxylic acids is 1. The molecule has 0 spiro atoms. The van der Waals surface area contributed by atoms with E-state index >= 15 is 0 Å². The molecule has 2 aromatic rings. The lowest BCUT2D eigenvalue weighted by atomic mass is 10.2. The van der Waals surface area contributed by atoms with Crippen LogP contribution in [-0.2, 0) is 0 Å². The third-order valence-electron chi connectivity index (χ3n) is 3.49. The Hall–Kier alpha value is -0.0900. The maximum Gasteiger partial charge on any atom is 0.254 e. The molecule has 0 bridgehead atoms. The first-order valence-electron chi connectivity index (χ1n) is 7.64. The third-order valence-corrected chi connectivity index (χ3v) is 6.14. The molecule has 0 aromatic heterocycles. The number of aryl methyl sites for hydroxylation is 1. The minimum absolute atomic E-state index is 0.176. The van der Waals surface area contributed by atoms with E-state index in [1.165, 1.54) is 0 Å². The highest BCUT2D eigenvalue weighted by atomic mass is 79.9. The van der Waals surface area contributed by atoms with Crippen LogP contribution in [-0.4, -0.2) is 21.0 Å². The van der Waals surface area contributed by atoms with Crippen molar-refractivity contribution in [1.29, 1.82) is 0 Å². The molecule has 1 amide bonds. The van der Waals surface area contributed by atoms with E-state index in [0.717, 1.165) is 20.2 Å². The van der Waals surface area contributed by atoms with Gasteiger partial charge in [-0.15, -0.1) is 0 Å². The number of nitrogens with one attached hydrogen (secondary N) is 3. The van der Waals surface area contributed by atoms with Crippen LogP contribution in [0.4, 0.5) is 5.69 Å². The van der Waals surface area contributed by atoms with Crippen LogP contribution in [0.2, 0.25) is 0 Å². The standard InChI is InChI=1S/C17H13Br3Cl3N3OS/c1-8-6-9(18)7-12(20)13(8)24-16(28)26-15(17(21,22)23)25-14(27)10-4-2-3-5-11(10)19/h2-7,15H,1H3,(H,25,27)(H2,24,26,28)/t15-/m1/s1. The van der Waals surface area contributed by atoms with Crippen LogP contribution in [0.3, 0.4) is 0 Å². The van der Waals surface area contributed by atoms with E-state index in [4.69, 9.17) is 47.0 Å². The molecule has 2 rings (SSSR count). The van der Waals surface area contributed by atoms with Gasteiger partial charge in [-0.1, -0.05) is 62.9 Å². The summed E-state index contributed by atoms with van der Waals surface area (Å²) in [5, 5.41) is 8.71. The molecular formula is C17H13Br3Cl3N3OS. The van der Waals surface area contributed by atoms with E-state index in [1.807, 2.05) is 19.1 Å². The van der Waals surface area contributed by atoms with Crippen molar-refractivity contribution in [1.82, 2.24) is 10.6 Å². The monoisotopic (exact) mass is 649 g/mol. The van der Waals surface area contributed by atoms with E-state index in [9.17, 15) is 4.79 Å². The smallest absolute Gasteiger partial charge is 0.254 e. The van der Waals surface area contributed by atoms with Gasteiger partial charge in [0.1, 0.15) is 6.17 Å². The number of amides is 1. The Morgan fingerprint density at radius 1 is 1.07 bits per heavy atom. The molecule has 28 heavy (non-hydrogen) atoms. The summed E-state index contributed by atoms with van der Waals surface area (Å²) >= 11 is 33.7. The molecule has 0 aliphatic heterocycles. The fourth-order valence-electron chi connectivity index (χ4n) is 2.20. The number of rotatable bonds is 4. The summed E-state index contributed by atoms with van der Waals surface area (Å²) in [5.74, 6) is -0.430. The fourth-order valence-corrected chi connectivity index (χ4v) is 4.75. The SMILES string of the molecule is Cc1cc(Br)cc(Br)c1NC(=S)N[C@@H](NC(=O)c1ccccc1Br)C(Cl)(Cl)Cl. The van der Waals surface area contributed by atoms with Crippen molar-refractivity contribution in [3.63, 3.8) is 0 Å². The summed E-state index contributed by atoms with van der Waals surface area (Å²) in [7, 11) is 0. The minimum atomic E-state index is -1.85. The third kappa shape index (κ3) is 6.72. The van der Waals surface area contributed by atoms with Crippen LogP contribution in [0.1, 0.15) is 15.9 Å². The minimum Gasteiger partial charge on any atom is -0.339 e. The maximum atomic E-state index is 12.6. The second kappa shape index (κ2) is 10.3. The van der Waals surface area contributed by atoms with Gasteiger partial charge in [-0.05, 0) is 80.8 Å². The summed E-state index contributed by atoms with van der Waals surface area (Å²) in [6, 6.07) is 10.7. The first kappa shape index (κ1) is 24.2. The van der Waals surface area contributed by atoms with Crippen LogP contribution in [0.15, 0.2) is 49.8 Å².